The molecule has 0 spiro atoms. The van der Waals surface area contributed by atoms with Gasteiger partial charge in [0.25, 0.3) is 0 Å². The molecule has 1 aromatic carbocycles. The summed E-state index contributed by atoms with van der Waals surface area (Å²) in [4.78, 5) is 0. The van der Waals surface area contributed by atoms with Crippen LogP contribution in [0, 0.1) is 0 Å². The topological polar surface area (TPSA) is 67.3 Å². The van der Waals surface area contributed by atoms with Crippen molar-refractivity contribution >= 4 is 11.6 Å². The summed E-state index contributed by atoms with van der Waals surface area (Å²) in [5.41, 5.74) is 16.1. The number of hydrazine groups is 1. The molecule has 0 saturated heterocycles. The molecule has 1 aromatic rings. The fourth-order valence-electron chi connectivity index (χ4n) is 1.48. The Balaban J connectivity index is 1.97. The number of hydrogen-bond acceptors (Lipinski definition) is 4. The van der Waals surface area contributed by atoms with Gasteiger partial charge >= 0.3 is 0 Å². The van der Waals surface area contributed by atoms with Crippen molar-refractivity contribution in [2.75, 3.05) is 6.54 Å². The summed E-state index contributed by atoms with van der Waals surface area (Å²) in [7, 11) is 0. The van der Waals surface area contributed by atoms with E-state index in [9.17, 15) is 0 Å². The molecule has 2 rings (SSSR count). The van der Waals surface area contributed by atoms with E-state index in [-0.39, 0.29) is 0 Å². The first kappa shape index (κ1) is 10.1. The quantitative estimate of drug-likeness (QED) is 0.694. The molecule has 5 heteroatoms. The van der Waals surface area contributed by atoms with Crippen LogP contribution in [0.1, 0.15) is 5.56 Å². The largest absolute Gasteiger partial charge is 0.398 e. The molecule has 0 amide bonds. The van der Waals surface area contributed by atoms with Crippen LogP contribution < -0.4 is 16.9 Å². The van der Waals surface area contributed by atoms with E-state index in [4.69, 9.17) is 23.1 Å². The Morgan fingerprint density at radius 1 is 1.27 bits per heavy atom. The minimum atomic E-state index is 0.545. The van der Waals surface area contributed by atoms with Crippen LogP contribution in [0.5, 0.6) is 0 Å². The van der Waals surface area contributed by atoms with E-state index in [0.717, 1.165) is 17.1 Å². The number of hydrogen-bond donors (Lipinski definition) is 3. The molecule has 1 aliphatic rings. The molecule has 0 radical (unpaired) electrons. The predicted molar refractivity (Wildman–Crippen MR) is 60.4 cm³/mol. The second-order valence-corrected chi connectivity index (χ2v) is 3.97. The Morgan fingerprint density at radius 3 is 2.47 bits per heavy atom. The van der Waals surface area contributed by atoms with E-state index in [2.05, 4.69) is 5.43 Å². The summed E-state index contributed by atoms with van der Waals surface area (Å²) in [6.07, 6.45) is 0. The van der Waals surface area contributed by atoms with Gasteiger partial charge in [-0.25, -0.2) is 5.01 Å². The molecule has 0 aliphatic carbocycles. The van der Waals surface area contributed by atoms with Crippen LogP contribution >= 0.6 is 11.6 Å². The van der Waals surface area contributed by atoms with Crippen molar-refractivity contribution in [1.29, 1.82) is 0 Å². The van der Waals surface area contributed by atoms with Gasteiger partial charge in [-0.15, -0.1) is 0 Å². The molecular weight excluding hydrogens is 212 g/mol. The highest BCUT2D eigenvalue weighted by atomic mass is 35.5. The molecule has 0 saturated carbocycles. The zero-order valence-electron chi connectivity index (χ0n) is 8.20. The van der Waals surface area contributed by atoms with Crippen molar-refractivity contribution < 1.29 is 0 Å². The van der Waals surface area contributed by atoms with E-state index < -0.39 is 0 Å². The lowest BCUT2D eigenvalue weighted by Crippen LogP contribution is -2.33. The number of nitrogens with zero attached hydrogens (tertiary/aromatic N) is 1. The van der Waals surface area contributed by atoms with Gasteiger partial charge in [0.1, 0.15) is 5.82 Å². The minimum Gasteiger partial charge on any atom is -0.398 e. The highest BCUT2D eigenvalue weighted by Gasteiger charge is 2.16. The Hall–Kier alpha value is -1.39. The van der Waals surface area contributed by atoms with Gasteiger partial charge in [-0.05, 0) is 17.7 Å². The number of nitrogens with one attached hydrogen (secondary N) is 1. The smallest absolute Gasteiger partial charge is 0.131 e. The highest BCUT2D eigenvalue weighted by Crippen LogP contribution is 2.13. The molecule has 1 aliphatic heterocycles. The summed E-state index contributed by atoms with van der Waals surface area (Å²) in [6.45, 7) is 1.40. The third-order valence-electron chi connectivity index (χ3n) is 2.27. The average Bonchev–Trinajstić information content (AvgIpc) is 2.50. The van der Waals surface area contributed by atoms with Gasteiger partial charge < -0.3 is 16.9 Å². The highest BCUT2D eigenvalue weighted by molar-refractivity contribution is 6.30. The molecule has 15 heavy (non-hydrogen) atoms. The predicted octanol–water partition coefficient (Wildman–Crippen LogP) is 0.747. The van der Waals surface area contributed by atoms with Crippen LogP contribution in [0.15, 0.2) is 35.8 Å². The number of halogens is 1. The molecule has 80 valence electrons. The lowest BCUT2D eigenvalue weighted by atomic mass is 10.2. The van der Waals surface area contributed by atoms with Crippen molar-refractivity contribution in [3.63, 3.8) is 0 Å². The lowest BCUT2D eigenvalue weighted by molar-refractivity contribution is 0.246. The Labute approximate surface area is 93.5 Å². The third-order valence-corrected chi connectivity index (χ3v) is 2.52. The average molecular weight is 225 g/mol. The van der Waals surface area contributed by atoms with Gasteiger partial charge in [0.05, 0.1) is 12.2 Å². The molecule has 0 aromatic heterocycles. The zero-order valence-corrected chi connectivity index (χ0v) is 8.96. The first-order valence-electron chi connectivity index (χ1n) is 4.65. The summed E-state index contributed by atoms with van der Waals surface area (Å²) < 4.78 is 0. The first-order chi connectivity index (χ1) is 7.15. The second kappa shape index (κ2) is 4.00. The van der Waals surface area contributed by atoms with Crippen LogP contribution in [0.4, 0.5) is 0 Å². The molecule has 0 unspecified atom stereocenters. The van der Waals surface area contributed by atoms with Crippen LogP contribution in [-0.4, -0.2) is 11.6 Å². The summed E-state index contributed by atoms with van der Waals surface area (Å²) in [5, 5.41) is 2.69. The van der Waals surface area contributed by atoms with Crippen molar-refractivity contribution in [3.8, 4) is 0 Å². The van der Waals surface area contributed by atoms with Gasteiger partial charge in [-0.2, -0.15) is 0 Å². The lowest BCUT2D eigenvalue weighted by Gasteiger charge is -2.16. The Bertz CT molecular complexity index is 371. The van der Waals surface area contributed by atoms with Gasteiger partial charge in [0.15, 0.2) is 0 Å². The molecule has 5 N–H and O–H groups in total. The van der Waals surface area contributed by atoms with E-state index in [1.54, 1.807) is 0 Å². The number of rotatable bonds is 2. The van der Waals surface area contributed by atoms with Gasteiger partial charge in [0, 0.05) is 11.6 Å². The fourth-order valence-corrected chi connectivity index (χ4v) is 1.60. The first-order valence-corrected chi connectivity index (χ1v) is 5.03. The van der Waals surface area contributed by atoms with E-state index in [0.29, 0.717) is 18.1 Å². The molecular formula is C10H13ClN4. The number of benzene rings is 1. The van der Waals surface area contributed by atoms with Crippen molar-refractivity contribution in [3.05, 3.63) is 46.4 Å². The zero-order chi connectivity index (χ0) is 10.8. The molecule has 4 nitrogen and oxygen atoms in total. The van der Waals surface area contributed by atoms with Crippen LogP contribution in [-0.2, 0) is 6.54 Å². The van der Waals surface area contributed by atoms with Gasteiger partial charge in [-0.3, -0.25) is 0 Å². The summed E-state index contributed by atoms with van der Waals surface area (Å²) in [5.74, 6) is 0.545. The Kier molecular flexibility index (Phi) is 2.70. The van der Waals surface area contributed by atoms with Crippen LogP contribution in [0.2, 0.25) is 5.02 Å². The minimum absolute atomic E-state index is 0.545. The molecule has 0 bridgehead atoms. The van der Waals surface area contributed by atoms with Crippen LogP contribution in [0.25, 0.3) is 0 Å². The molecule has 0 fully saturated rings. The van der Waals surface area contributed by atoms with Crippen molar-refractivity contribution in [1.82, 2.24) is 10.4 Å². The molecule has 0 atom stereocenters. The van der Waals surface area contributed by atoms with E-state index in [1.807, 2.05) is 29.3 Å². The molecule has 1 heterocycles. The van der Waals surface area contributed by atoms with E-state index in [1.165, 1.54) is 0 Å². The number of nitrogens with two attached hydrogens (primary N) is 2. The Morgan fingerprint density at radius 2 is 1.93 bits per heavy atom. The van der Waals surface area contributed by atoms with Crippen molar-refractivity contribution in [2.24, 2.45) is 11.5 Å². The maximum absolute atomic E-state index is 5.80. The van der Waals surface area contributed by atoms with Gasteiger partial charge in [0.2, 0.25) is 0 Å². The summed E-state index contributed by atoms with van der Waals surface area (Å²) in [6, 6.07) is 7.70. The monoisotopic (exact) mass is 224 g/mol. The fraction of sp³-hybridized carbons (Fsp3) is 0.200. The van der Waals surface area contributed by atoms with E-state index >= 15 is 0 Å². The standard InChI is InChI=1S/C10H13ClN4/c11-8-3-1-7(2-4-8)5-15-6-9(12)10(13)14-15/h1-4,14H,5-6,12-13H2. The summed E-state index contributed by atoms with van der Waals surface area (Å²) >= 11 is 5.80. The maximum atomic E-state index is 5.80. The van der Waals surface area contributed by atoms with Crippen molar-refractivity contribution in [2.45, 2.75) is 6.54 Å². The van der Waals surface area contributed by atoms with Crippen LogP contribution in [0.3, 0.4) is 0 Å². The SMILES string of the molecule is NC1=C(N)NN(Cc2ccc(Cl)cc2)C1. The third kappa shape index (κ3) is 2.34. The van der Waals surface area contributed by atoms with Gasteiger partial charge in [-0.1, -0.05) is 23.7 Å². The second-order valence-electron chi connectivity index (χ2n) is 3.53. The normalized spacial score (nSPS) is 16.9. The maximum Gasteiger partial charge on any atom is 0.131 e.